The van der Waals surface area contributed by atoms with E-state index in [9.17, 15) is 13.2 Å². The summed E-state index contributed by atoms with van der Waals surface area (Å²) in [5.74, 6) is 0.487. The van der Waals surface area contributed by atoms with Gasteiger partial charge in [-0.3, -0.25) is 9.10 Å². The summed E-state index contributed by atoms with van der Waals surface area (Å²) in [5, 5.41) is 3.16. The van der Waals surface area contributed by atoms with Crippen LogP contribution in [0.5, 0.6) is 5.75 Å². The SMILES string of the molecule is CC[C@H](Oc1ccc(N(C)S(C)(=O)=O)cc1)C(=O)NC1CCCCCCC1. The Hall–Kier alpha value is -1.76. The fourth-order valence-electron chi connectivity index (χ4n) is 3.31. The van der Waals surface area contributed by atoms with Crippen molar-refractivity contribution in [1.29, 1.82) is 0 Å². The van der Waals surface area contributed by atoms with Crippen LogP contribution in [0.4, 0.5) is 5.69 Å². The van der Waals surface area contributed by atoms with Crippen LogP contribution in [0.3, 0.4) is 0 Å². The zero-order chi connectivity index (χ0) is 19.9. The number of amides is 1. The molecule has 0 aromatic heterocycles. The second-order valence-corrected chi connectivity index (χ2v) is 9.30. The average molecular weight is 397 g/mol. The van der Waals surface area contributed by atoms with E-state index in [2.05, 4.69) is 5.32 Å². The number of hydrogen-bond acceptors (Lipinski definition) is 4. The van der Waals surface area contributed by atoms with Gasteiger partial charge in [0.05, 0.1) is 11.9 Å². The first-order valence-corrected chi connectivity index (χ1v) is 11.7. The highest BCUT2D eigenvalue weighted by Gasteiger charge is 2.22. The number of sulfonamides is 1. The Kier molecular flexibility index (Phi) is 7.95. The van der Waals surface area contributed by atoms with E-state index in [0.29, 0.717) is 17.9 Å². The monoisotopic (exact) mass is 396 g/mol. The smallest absolute Gasteiger partial charge is 0.261 e. The largest absolute Gasteiger partial charge is 0.481 e. The maximum atomic E-state index is 12.6. The Morgan fingerprint density at radius 2 is 1.70 bits per heavy atom. The number of carbonyl (C=O) groups excluding carboxylic acids is 1. The maximum Gasteiger partial charge on any atom is 0.261 e. The predicted molar refractivity (Wildman–Crippen MR) is 109 cm³/mol. The molecule has 1 amide bonds. The Bertz CT molecular complexity index is 695. The van der Waals surface area contributed by atoms with Gasteiger partial charge in [-0.25, -0.2) is 8.42 Å². The summed E-state index contributed by atoms with van der Waals surface area (Å²) in [6.45, 7) is 1.92. The molecule has 0 aliphatic heterocycles. The number of ether oxygens (including phenoxy) is 1. The van der Waals surface area contributed by atoms with Crippen molar-refractivity contribution in [3.05, 3.63) is 24.3 Å². The molecular weight excluding hydrogens is 364 g/mol. The summed E-state index contributed by atoms with van der Waals surface area (Å²) in [4.78, 5) is 12.6. The van der Waals surface area contributed by atoms with E-state index in [1.165, 1.54) is 30.6 Å². The molecule has 0 heterocycles. The number of benzene rings is 1. The van der Waals surface area contributed by atoms with Crippen molar-refractivity contribution in [2.45, 2.75) is 70.4 Å². The van der Waals surface area contributed by atoms with Crippen molar-refractivity contribution in [3.63, 3.8) is 0 Å². The Morgan fingerprint density at radius 1 is 1.15 bits per heavy atom. The fourth-order valence-corrected chi connectivity index (χ4v) is 3.81. The highest BCUT2D eigenvalue weighted by Crippen LogP contribution is 2.22. The van der Waals surface area contributed by atoms with E-state index in [1.807, 2.05) is 6.92 Å². The van der Waals surface area contributed by atoms with Gasteiger partial charge in [-0.2, -0.15) is 0 Å². The first-order valence-electron chi connectivity index (χ1n) is 9.82. The van der Waals surface area contributed by atoms with Crippen LogP contribution in [0.15, 0.2) is 24.3 Å². The molecule has 1 aromatic carbocycles. The van der Waals surface area contributed by atoms with Gasteiger partial charge in [-0.1, -0.05) is 39.0 Å². The Balaban J connectivity index is 1.95. The maximum absolute atomic E-state index is 12.6. The predicted octanol–water partition coefficient (Wildman–Crippen LogP) is 3.47. The minimum absolute atomic E-state index is 0.0691. The van der Waals surface area contributed by atoms with E-state index in [4.69, 9.17) is 4.74 Å². The summed E-state index contributed by atoms with van der Waals surface area (Å²) in [7, 11) is -1.80. The molecule has 152 valence electrons. The molecule has 1 saturated carbocycles. The molecular formula is C20H32N2O4S. The van der Waals surface area contributed by atoms with E-state index in [0.717, 1.165) is 31.9 Å². The average Bonchev–Trinajstić information content (AvgIpc) is 2.60. The van der Waals surface area contributed by atoms with Gasteiger partial charge in [0.2, 0.25) is 10.0 Å². The van der Waals surface area contributed by atoms with Gasteiger partial charge < -0.3 is 10.1 Å². The van der Waals surface area contributed by atoms with Crippen LogP contribution < -0.4 is 14.4 Å². The molecule has 2 rings (SSSR count). The van der Waals surface area contributed by atoms with Crippen LogP contribution in [0.1, 0.15) is 58.3 Å². The molecule has 0 radical (unpaired) electrons. The molecule has 1 aliphatic carbocycles. The van der Waals surface area contributed by atoms with Crippen molar-refractivity contribution in [3.8, 4) is 5.75 Å². The molecule has 1 atom stereocenters. The third kappa shape index (κ3) is 6.72. The third-order valence-electron chi connectivity index (χ3n) is 5.09. The van der Waals surface area contributed by atoms with E-state index >= 15 is 0 Å². The summed E-state index contributed by atoms with van der Waals surface area (Å²) in [5.41, 5.74) is 0.553. The zero-order valence-corrected chi connectivity index (χ0v) is 17.4. The third-order valence-corrected chi connectivity index (χ3v) is 6.30. The van der Waals surface area contributed by atoms with E-state index in [-0.39, 0.29) is 11.9 Å². The molecule has 1 aromatic rings. The summed E-state index contributed by atoms with van der Waals surface area (Å²) >= 11 is 0. The molecule has 7 heteroatoms. The van der Waals surface area contributed by atoms with Crippen LogP contribution in [-0.4, -0.2) is 39.8 Å². The zero-order valence-electron chi connectivity index (χ0n) is 16.6. The van der Waals surface area contributed by atoms with Gasteiger partial charge in [-0.15, -0.1) is 0 Å². The molecule has 0 bridgehead atoms. The standard InChI is InChI=1S/C20H32N2O4S/c1-4-19(20(23)21-16-10-8-6-5-7-9-11-16)26-18-14-12-17(13-15-18)22(2)27(3,24)25/h12-16,19H,4-11H2,1-3H3,(H,21,23)/t19-/m0/s1. The van der Waals surface area contributed by atoms with Crippen molar-refractivity contribution in [2.75, 3.05) is 17.6 Å². The van der Waals surface area contributed by atoms with Crippen molar-refractivity contribution < 1.29 is 17.9 Å². The van der Waals surface area contributed by atoms with Gasteiger partial charge in [0.1, 0.15) is 5.75 Å². The van der Waals surface area contributed by atoms with Gasteiger partial charge in [-0.05, 0) is 43.5 Å². The minimum Gasteiger partial charge on any atom is -0.481 e. The molecule has 6 nitrogen and oxygen atoms in total. The van der Waals surface area contributed by atoms with Crippen molar-refractivity contribution >= 4 is 21.6 Å². The number of hydrogen-bond donors (Lipinski definition) is 1. The van der Waals surface area contributed by atoms with Gasteiger partial charge in [0.15, 0.2) is 6.10 Å². The normalized spacial score (nSPS) is 17.4. The molecule has 0 spiro atoms. The van der Waals surface area contributed by atoms with Gasteiger partial charge in [0, 0.05) is 13.1 Å². The first kappa shape index (κ1) is 21.5. The van der Waals surface area contributed by atoms with Crippen LogP contribution in [0.25, 0.3) is 0 Å². The number of rotatable bonds is 7. The number of anilines is 1. The van der Waals surface area contributed by atoms with Crippen molar-refractivity contribution in [1.82, 2.24) is 5.32 Å². The lowest BCUT2D eigenvalue weighted by Gasteiger charge is -2.24. The lowest BCUT2D eigenvalue weighted by Crippen LogP contribution is -2.43. The molecule has 0 saturated heterocycles. The molecule has 0 unspecified atom stereocenters. The molecule has 1 N–H and O–H groups in total. The topological polar surface area (TPSA) is 75.7 Å². The van der Waals surface area contributed by atoms with Gasteiger partial charge in [0.25, 0.3) is 5.91 Å². The highest BCUT2D eigenvalue weighted by atomic mass is 32.2. The van der Waals surface area contributed by atoms with Gasteiger partial charge >= 0.3 is 0 Å². The second kappa shape index (κ2) is 9.97. The highest BCUT2D eigenvalue weighted by molar-refractivity contribution is 7.92. The first-order chi connectivity index (χ1) is 12.8. The summed E-state index contributed by atoms with van der Waals surface area (Å²) in [6.07, 6.45) is 9.37. The number of nitrogens with zero attached hydrogens (tertiary/aromatic N) is 1. The number of nitrogens with one attached hydrogen (secondary N) is 1. The van der Waals surface area contributed by atoms with Crippen molar-refractivity contribution in [2.24, 2.45) is 0 Å². The summed E-state index contributed by atoms with van der Waals surface area (Å²) < 4.78 is 30.3. The quantitative estimate of drug-likeness (QED) is 0.766. The number of carbonyl (C=O) groups is 1. The lowest BCUT2D eigenvalue weighted by molar-refractivity contribution is -0.129. The fraction of sp³-hybridized carbons (Fsp3) is 0.650. The minimum atomic E-state index is -3.30. The summed E-state index contributed by atoms with van der Waals surface area (Å²) in [6, 6.07) is 6.98. The Labute approximate surface area is 163 Å². The molecule has 1 fully saturated rings. The van der Waals surface area contributed by atoms with Crippen LogP contribution in [0, 0.1) is 0 Å². The lowest BCUT2D eigenvalue weighted by atomic mass is 9.96. The molecule has 27 heavy (non-hydrogen) atoms. The molecule has 1 aliphatic rings. The second-order valence-electron chi connectivity index (χ2n) is 7.29. The van der Waals surface area contributed by atoms with E-state index < -0.39 is 16.1 Å². The van der Waals surface area contributed by atoms with Crippen LogP contribution >= 0.6 is 0 Å². The van der Waals surface area contributed by atoms with Crippen LogP contribution in [0.2, 0.25) is 0 Å². The Morgan fingerprint density at radius 3 is 2.22 bits per heavy atom. The van der Waals surface area contributed by atoms with E-state index in [1.54, 1.807) is 24.3 Å². The van der Waals surface area contributed by atoms with Crippen LogP contribution in [-0.2, 0) is 14.8 Å².